The highest BCUT2D eigenvalue weighted by molar-refractivity contribution is 8.03. The number of rotatable bonds is 7. The topological polar surface area (TPSA) is 142 Å². The maximum atomic E-state index is 12.3. The van der Waals surface area contributed by atoms with Gasteiger partial charge in [0.25, 0.3) is 1.43 Å². The van der Waals surface area contributed by atoms with Crippen molar-refractivity contribution >= 4 is 29.5 Å². The molecule has 1 rings (SSSR count). The van der Waals surface area contributed by atoms with Gasteiger partial charge in [-0.2, -0.15) is 0 Å². The quantitative estimate of drug-likeness (QED) is 0.399. The first-order valence-corrected chi connectivity index (χ1v) is 8.09. The molecule has 2 atom stereocenters. The van der Waals surface area contributed by atoms with Gasteiger partial charge < -0.3 is 26.6 Å². The van der Waals surface area contributed by atoms with Crippen molar-refractivity contribution in [2.75, 3.05) is 6.61 Å². The average Bonchev–Trinajstić information content (AvgIpc) is 2.48. The number of carboxylic acid groups (broad SMARTS) is 1. The predicted molar refractivity (Wildman–Crippen MR) is 86.9 cm³/mol. The maximum absolute atomic E-state index is 12.3. The molecule has 2 amide bonds. The van der Waals surface area contributed by atoms with E-state index >= 15 is 0 Å². The Bertz CT molecular complexity index is 501. The van der Waals surface area contributed by atoms with Crippen molar-refractivity contribution in [3.8, 4) is 0 Å². The summed E-state index contributed by atoms with van der Waals surface area (Å²) in [6.07, 6.45) is -0.492. The van der Waals surface area contributed by atoms with Crippen molar-refractivity contribution < 1.29 is 24.6 Å². The van der Waals surface area contributed by atoms with E-state index in [0.717, 1.165) is 0 Å². The first-order chi connectivity index (χ1) is 10.9. The minimum absolute atomic E-state index is 0.125. The third kappa shape index (κ3) is 4.82. The first-order valence-electron chi connectivity index (χ1n) is 7.68. The summed E-state index contributed by atoms with van der Waals surface area (Å²) in [4.78, 5) is 35.2. The van der Waals surface area contributed by atoms with Gasteiger partial charge in [-0.3, -0.25) is 14.4 Å². The van der Waals surface area contributed by atoms with Crippen LogP contribution in [-0.2, 0) is 14.4 Å². The van der Waals surface area contributed by atoms with Crippen LogP contribution in [0.4, 0.5) is 0 Å². The lowest BCUT2D eigenvalue weighted by Crippen LogP contribution is -2.69. The molecule has 1 fully saturated rings. The molecule has 0 spiro atoms. The zero-order valence-corrected chi connectivity index (χ0v) is 14.5. The summed E-state index contributed by atoms with van der Waals surface area (Å²) >= 11 is 1.73. The van der Waals surface area contributed by atoms with Gasteiger partial charge in [-0.15, -0.1) is 11.8 Å². The Labute approximate surface area is 141 Å². The van der Waals surface area contributed by atoms with Crippen LogP contribution in [-0.4, -0.2) is 62.2 Å². The summed E-state index contributed by atoms with van der Waals surface area (Å²) in [5.74, 6) is -2.26. The van der Waals surface area contributed by atoms with E-state index in [2.05, 4.69) is 15.7 Å². The zero-order valence-electron chi connectivity index (χ0n) is 14.7. The van der Waals surface area contributed by atoms with E-state index in [1.54, 1.807) is 11.8 Å². The number of carbonyl (C=O) groups is 3. The number of carbonyl (C=O) groups excluding carboxylic acids is 2. The summed E-state index contributed by atoms with van der Waals surface area (Å²) in [7, 11) is 0. The van der Waals surface area contributed by atoms with Crippen molar-refractivity contribution in [1.82, 2.24) is 10.6 Å². The molecule has 0 bridgehead atoms. The Balaban J connectivity index is 2.64. The molecule has 0 saturated carbocycles. The maximum Gasteiger partial charge on any atom is 0.305 e. The Hall–Kier alpha value is -1.32. The van der Waals surface area contributed by atoms with Gasteiger partial charge in [0.05, 0.1) is 25.1 Å². The Morgan fingerprint density at radius 2 is 1.83 bits per heavy atom. The molecular formula is C14H25N3O5S. The van der Waals surface area contributed by atoms with E-state index in [1.807, 2.05) is 27.7 Å². The standard InChI is InChI=1S/C14H25N3O5S/c1-13(2)12(14(3,4)23-13)17-11(22)8(6-18)16-10(21)7(15)5-9(19)20/h7-8,12,18H,5-6,15H2,1-4H3,(H,16,21)(H,17,22)(H,19,20)/t7-,8-/m0/s1/i/hD. The van der Waals surface area contributed by atoms with Gasteiger partial charge in [-0.05, 0) is 27.7 Å². The second-order valence-corrected chi connectivity index (χ2v) is 8.99. The van der Waals surface area contributed by atoms with Crippen LogP contribution in [0.3, 0.4) is 0 Å². The lowest BCUT2D eigenvalue weighted by atomic mass is 9.89. The van der Waals surface area contributed by atoms with Gasteiger partial charge in [-0.25, -0.2) is 0 Å². The molecule has 1 aliphatic heterocycles. The third-order valence-corrected chi connectivity index (χ3v) is 5.27. The van der Waals surface area contributed by atoms with E-state index in [4.69, 9.17) is 7.16 Å². The molecule has 0 aromatic rings. The minimum atomic E-state index is -1.27. The van der Waals surface area contributed by atoms with Crippen molar-refractivity contribution in [3.63, 3.8) is 0 Å². The number of aliphatic carboxylic acids is 1. The number of aliphatic hydroxyl groups is 1. The average molecular weight is 348 g/mol. The molecule has 9 heteroatoms. The summed E-state index contributed by atoms with van der Waals surface area (Å²) < 4.78 is 6.11. The number of amides is 2. The van der Waals surface area contributed by atoms with Gasteiger partial charge in [0.1, 0.15) is 6.04 Å². The van der Waals surface area contributed by atoms with E-state index in [1.165, 1.54) is 0 Å². The second-order valence-electron chi connectivity index (χ2n) is 6.68. The fourth-order valence-corrected chi connectivity index (χ4v) is 5.02. The molecule has 23 heavy (non-hydrogen) atoms. The van der Waals surface area contributed by atoms with Gasteiger partial charge in [-0.1, -0.05) is 0 Å². The highest BCUT2D eigenvalue weighted by Gasteiger charge is 2.55. The van der Waals surface area contributed by atoms with Crippen molar-refractivity contribution in [2.45, 2.75) is 61.7 Å². The van der Waals surface area contributed by atoms with Crippen LogP contribution in [0.25, 0.3) is 1.43 Å². The highest BCUT2D eigenvalue weighted by atomic mass is 32.2. The molecule has 0 aliphatic carbocycles. The summed E-state index contributed by atoms with van der Waals surface area (Å²) in [6, 6.07) is -2.56. The Morgan fingerprint density at radius 1 is 1.26 bits per heavy atom. The third-order valence-electron chi connectivity index (χ3n) is 3.74. The van der Waals surface area contributed by atoms with Crippen LogP contribution < -0.4 is 16.4 Å². The van der Waals surface area contributed by atoms with Gasteiger partial charge >= 0.3 is 5.97 Å². The second kappa shape index (κ2) is 7.06. The lowest BCUT2D eigenvalue weighted by molar-refractivity contribution is -0.139. The first kappa shape index (κ1) is 18.0. The summed E-state index contributed by atoms with van der Waals surface area (Å²) in [5, 5.41) is 18.2. The molecule has 1 aliphatic rings. The fraction of sp³-hybridized carbons (Fsp3) is 0.786. The molecule has 0 unspecified atom stereocenters. The highest BCUT2D eigenvalue weighted by Crippen LogP contribution is 2.54. The van der Waals surface area contributed by atoms with Crippen molar-refractivity contribution in [3.05, 3.63) is 0 Å². The molecule has 0 radical (unpaired) electrons. The van der Waals surface area contributed by atoms with Crippen LogP contribution in [0, 0.1) is 0 Å². The molecule has 1 heterocycles. The lowest BCUT2D eigenvalue weighted by Gasteiger charge is -2.57. The molecular weight excluding hydrogens is 322 g/mol. The number of carboxylic acids is 1. The van der Waals surface area contributed by atoms with E-state index in [-0.39, 0.29) is 15.5 Å². The number of aliphatic hydroxyl groups excluding tert-OH is 1. The fourth-order valence-electron chi connectivity index (χ4n) is 2.91. The number of nitrogens with two attached hydrogens (primary N) is 1. The number of thioether (sulfide) groups is 1. The van der Waals surface area contributed by atoms with Crippen LogP contribution in [0.5, 0.6) is 0 Å². The van der Waals surface area contributed by atoms with E-state index in [0.29, 0.717) is 0 Å². The van der Waals surface area contributed by atoms with Gasteiger partial charge in [0.15, 0.2) is 0 Å². The van der Waals surface area contributed by atoms with Crippen LogP contribution in [0.2, 0.25) is 0 Å². The van der Waals surface area contributed by atoms with E-state index in [9.17, 15) is 19.5 Å². The van der Waals surface area contributed by atoms with Crippen LogP contribution in [0.15, 0.2) is 0 Å². The monoisotopic (exact) mass is 348 g/mol. The van der Waals surface area contributed by atoms with Gasteiger partial charge in [0.2, 0.25) is 11.8 Å². The Kier molecular flexibility index (Phi) is 5.53. The van der Waals surface area contributed by atoms with E-state index < -0.39 is 42.9 Å². The van der Waals surface area contributed by atoms with Crippen molar-refractivity contribution in [1.29, 1.82) is 1.43 Å². The number of hydrogen-bond acceptors (Lipinski definition) is 7. The summed E-state index contributed by atoms with van der Waals surface area (Å²) in [5.41, 5.74) is 5.51. The molecule has 1 saturated heterocycles. The predicted octanol–water partition coefficient (Wildman–Crippen LogP) is -0.946. The van der Waals surface area contributed by atoms with Crippen LogP contribution in [0.1, 0.15) is 34.1 Å². The minimum Gasteiger partial charge on any atom is -0.481 e. The molecule has 132 valence electrons. The SMILES string of the molecule is [2H]OC(=O)C[C@H](N)C(=O)N[C@@H](CO)C(=O)NC1C(C)(C)SC1(C)C. The molecule has 8 nitrogen and oxygen atoms in total. The summed E-state index contributed by atoms with van der Waals surface area (Å²) in [6.45, 7) is 7.41. The van der Waals surface area contributed by atoms with Gasteiger partial charge in [0, 0.05) is 9.49 Å². The molecule has 0 aromatic heterocycles. The molecule has 0 aromatic carbocycles. The zero-order chi connectivity index (χ0) is 18.7. The normalized spacial score (nSPS) is 22.1. The van der Waals surface area contributed by atoms with Crippen LogP contribution >= 0.6 is 11.8 Å². The van der Waals surface area contributed by atoms with Crippen molar-refractivity contribution in [2.24, 2.45) is 5.73 Å². The Morgan fingerprint density at radius 3 is 2.26 bits per heavy atom. The largest absolute Gasteiger partial charge is 0.481 e. The number of nitrogens with one attached hydrogen (secondary N) is 2. The smallest absolute Gasteiger partial charge is 0.305 e. The number of hydrogen-bond donors (Lipinski definition) is 5. The molecule has 6 N–H and O–H groups in total.